The molecule has 2 N–H and O–H groups in total. The van der Waals surface area contributed by atoms with E-state index in [-0.39, 0.29) is 16.6 Å². The number of aromatic nitrogens is 1. The van der Waals surface area contributed by atoms with E-state index in [0.29, 0.717) is 11.3 Å². The van der Waals surface area contributed by atoms with Gasteiger partial charge in [-0.15, -0.1) is 0 Å². The molecule has 72 valence electrons. The van der Waals surface area contributed by atoms with E-state index in [1.807, 2.05) is 0 Å². The van der Waals surface area contributed by atoms with Gasteiger partial charge >= 0.3 is 0 Å². The van der Waals surface area contributed by atoms with Gasteiger partial charge < -0.3 is 14.8 Å². The summed E-state index contributed by atoms with van der Waals surface area (Å²) >= 11 is 0. The van der Waals surface area contributed by atoms with Crippen molar-refractivity contribution in [2.45, 2.75) is 0 Å². The van der Waals surface area contributed by atoms with Crippen molar-refractivity contribution < 1.29 is 9.84 Å². The molecule has 1 aromatic carbocycles. The monoisotopic (exact) mass is 191 g/mol. The average molecular weight is 191 g/mol. The lowest BCUT2D eigenvalue weighted by Gasteiger charge is -2.05. The van der Waals surface area contributed by atoms with Gasteiger partial charge in [0.2, 0.25) is 0 Å². The fourth-order valence-corrected chi connectivity index (χ4v) is 1.42. The van der Waals surface area contributed by atoms with Gasteiger partial charge in [-0.1, -0.05) is 0 Å². The number of aromatic amines is 1. The summed E-state index contributed by atoms with van der Waals surface area (Å²) in [5.74, 6) is 0.498. The standard InChI is InChI=1S/C10H9NO3/c1-14-8-3-2-6(12)9-7(13)4-5-11-10(8)9/h2-5,12H,1H3,(H,11,13). The molecule has 0 aliphatic carbocycles. The molecule has 0 atom stereocenters. The molecule has 0 radical (unpaired) electrons. The summed E-state index contributed by atoms with van der Waals surface area (Å²) in [7, 11) is 1.51. The Morgan fingerprint density at radius 1 is 1.36 bits per heavy atom. The first-order valence-electron chi connectivity index (χ1n) is 4.11. The molecule has 0 spiro atoms. The molecule has 4 nitrogen and oxygen atoms in total. The maximum atomic E-state index is 11.4. The summed E-state index contributed by atoms with van der Waals surface area (Å²) in [6.07, 6.45) is 1.52. The number of hydrogen-bond acceptors (Lipinski definition) is 3. The third-order valence-electron chi connectivity index (χ3n) is 2.07. The first-order chi connectivity index (χ1) is 6.74. The quantitative estimate of drug-likeness (QED) is 0.712. The van der Waals surface area contributed by atoms with Crippen molar-refractivity contribution in [1.29, 1.82) is 0 Å². The number of ether oxygens (including phenoxy) is 1. The van der Waals surface area contributed by atoms with Crippen LogP contribution >= 0.6 is 0 Å². The zero-order chi connectivity index (χ0) is 10.1. The zero-order valence-corrected chi connectivity index (χ0v) is 7.57. The van der Waals surface area contributed by atoms with Crippen LogP contribution in [0.5, 0.6) is 11.5 Å². The molecule has 2 aromatic rings. The summed E-state index contributed by atoms with van der Waals surface area (Å²) < 4.78 is 5.06. The first kappa shape index (κ1) is 8.62. The Morgan fingerprint density at radius 3 is 2.86 bits per heavy atom. The van der Waals surface area contributed by atoms with E-state index < -0.39 is 0 Å². The second-order valence-corrected chi connectivity index (χ2v) is 2.88. The van der Waals surface area contributed by atoms with Crippen LogP contribution in [0.3, 0.4) is 0 Å². The lowest BCUT2D eigenvalue weighted by atomic mass is 10.2. The summed E-state index contributed by atoms with van der Waals surface area (Å²) in [6, 6.07) is 4.41. The Balaban J connectivity index is 2.99. The molecule has 1 aromatic heterocycles. The number of aromatic hydroxyl groups is 1. The Bertz CT molecular complexity index is 530. The van der Waals surface area contributed by atoms with Crippen LogP contribution in [0, 0.1) is 0 Å². The molecule has 0 aliphatic rings. The predicted octanol–water partition coefficient (Wildman–Crippen LogP) is 1.24. The van der Waals surface area contributed by atoms with Crippen LogP contribution in [0.1, 0.15) is 0 Å². The highest BCUT2D eigenvalue weighted by Gasteiger charge is 2.08. The van der Waals surface area contributed by atoms with Crippen LogP contribution < -0.4 is 10.2 Å². The number of H-pyrrole nitrogens is 1. The number of phenolic OH excluding ortho intramolecular Hbond substituents is 1. The highest BCUT2D eigenvalue weighted by Crippen LogP contribution is 2.27. The molecule has 14 heavy (non-hydrogen) atoms. The maximum Gasteiger partial charge on any atom is 0.193 e. The predicted molar refractivity (Wildman–Crippen MR) is 52.8 cm³/mol. The van der Waals surface area contributed by atoms with Crippen molar-refractivity contribution in [1.82, 2.24) is 4.98 Å². The third kappa shape index (κ3) is 1.12. The van der Waals surface area contributed by atoms with Gasteiger partial charge in [-0.2, -0.15) is 0 Å². The van der Waals surface area contributed by atoms with E-state index in [1.165, 1.54) is 25.4 Å². The molecular formula is C10H9NO3. The normalized spacial score (nSPS) is 10.4. The van der Waals surface area contributed by atoms with Gasteiger partial charge in [0.05, 0.1) is 18.0 Å². The van der Waals surface area contributed by atoms with E-state index >= 15 is 0 Å². The van der Waals surface area contributed by atoms with Crippen molar-refractivity contribution in [2.24, 2.45) is 0 Å². The van der Waals surface area contributed by atoms with E-state index in [4.69, 9.17) is 4.74 Å². The van der Waals surface area contributed by atoms with Gasteiger partial charge in [0, 0.05) is 12.3 Å². The number of methoxy groups -OCH3 is 1. The summed E-state index contributed by atoms with van der Waals surface area (Å²) in [4.78, 5) is 14.3. The molecule has 0 saturated heterocycles. The highest BCUT2D eigenvalue weighted by molar-refractivity contribution is 5.89. The van der Waals surface area contributed by atoms with E-state index in [2.05, 4.69) is 4.98 Å². The fraction of sp³-hybridized carbons (Fsp3) is 0.100. The molecule has 0 saturated carbocycles. The topological polar surface area (TPSA) is 62.3 Å². The van der Waals surface area contributed by atoms with Crippen LogP contribution in [-0.4, -0.2) is 17.2 Å². The number of nitrogens with one attached hydrogen (secondary N) is 1. The van der Waals surface area contributed by atoms with Gasteiger partial charge in [0.15, 0.2) is 5.43 Å². The largest absolute Gasteiger partial charge is 0.507 e. The minimum Gasteiger partial charge on any atom is -0.507 e. The number of benzene rings is 1. The fourth-order valence-electron chi connectivity index (χ4n) is 1.42. The smallest absolute Gasteiger partial charge is 0.193 e. The molecule has 0 aliphatic heterocycles. The van der Waals surface area contributed by atoms with Crippen molar-refractivity contribution in [3.8, 4) is 11.5 Å². The Hall–Kier alpha value is -1.97. The second-order valence-electron chi connectivity index (χ2n) is 2.88. The third-order valence-corrected chi connectivity index (χ3v) is 2.07. The van der Waals surface area contributed by atoms with Gasteiger partial charge in [0.1, 0.15) is 11.5 Å². The Kier molecular flexibility index (Phi) is 1.89. The van der Waals surface area contributed by atoms with Gasteiger partial charge in [-0.25, -0.2) is 0 Å². The molecule has 0 bridgehead atoms. The van der Waals surface area contributed by atoms with Crippen LogP contribution in [0.2, 0.25) is 0 Å². The molecule has 0 fully saturated rings. The summed E-state index contributed by atoms with van der Waals surface area (Å²) in [5.41, 5.74) is 0.287. The molecule has 1 heterocycles. The van der Waals surface area contributed by atoms with Gasteiger partial charge in [0.25, 0.3) is 0 Å². The summed E-state index contributed by atoms with van der Waals surface area (Å²) in [5, 5.41) is 9.75. The highest BCUT2D eigenvalue weighted by atomic mass is 16.5. The first-order valence-corrected chi connectivity index (χ1v) is 4.11. The lowest BCUT2D eigenvalue weighted by Crippen LogP contribution is -2.01. The van der Waals surface area contributed by atoms with E-state index in [9.17, 15) is 9.90 Å². The zero-order valence-electron chi connectivity index (χ0n) is 7.57. The molecule has 0 unspecified atom stereocenters. The van der Waals surface area contributed by atoms with Gasteiger partial charge in [-0.3, -0.25) is 4.79 Å². The molecular weight excluding hydrogens is 182 g/mol. The SMILES string of the molecule is COc1ccc(O)c2c(=O)cc[nH]c12. The van der Waals surface area contributed by atoms with Crippen molar-refractivity contribution in [2.75, 3.05) is 7.11 Å². The lowest BCUT2D eigenvalue weighted by molar-refractivity contribution is 0.417. The number of rotatable bonds is 1. The van der Waals surface area contributed by atoms with Crippen molar-refractivity contribution in [3.63, 3.8) is 0 Å². The molecule has 0 amide bonds. The number of fused-ring (bicyclic) bond motifs is 1. The van der Waals surface area contributed by atoms with Crippen molar-refractivity contribution >= 4 is 10.9 Å². The number of phenols is 1. The van der Waals surface area contributed by atoms with Crippen LogP contribution in [0.25, 0.3) is 10.9 Å². The number of hydrogen-bond donors (Lipinski definition) is 2. The van der Waals surface area contributed by atoms with Crippen LogP contribution in [0.15, 0.2) is 29.2 Å². The maximum absolute atomic E-state index is 11.4. The van der Waals surface area contributed by atoms with Gasteiger partial charge in [-0.05, 0) is 12.1 Å². The molecule has 2 rings (SSSR count). The second kappa shape index (κ2) is 3.06. The minimum absolute atomic E-state index is 0.0392. The minimum atomic E-state index is -0.227. The Labute approximate surface area is 79.8 Å². The van der Waals surface area contributed by atoms with Crippen molar-refractivity contribution in [3.05, 3.63) is 34.6 Å². The summed E-state index contributed by atoms with van der Waals surface area (Å²) in [6.45, 7) is 0. The Morgan fingerprint density at radius 2 is 2.14 bits per heavy atom. The average Bonchev–Trinajstić information content (AvgIpc) is 2.18. The molecule has 4 heteroatoms. The van der Waals surface area contributed by atoms with E-state index in [0.717, 1.165) is 0 Å². The van der Waals surface area contributed by atoms with Crippen LogP contribution in [-0.2, 0) is 0 Å². The van der Waals surface area contributed by atoms with Crippen LogP contribution in [0.4, 0.5) is 0 Å². The number of pyridine rings is 1. The van der Waals surface area contributed by atoms with E-state index in [1.54, 1.807) is 6.07 Å².